The molecule has 5 rings (SSSR count). The van der Waals surface area contributed by atoms with Gasteiger partial charge in [-0.2, -0.15) is 0 Å². The second-order valence-electron chi connectivity index (χ2n) is 6.33. The molecule has 1 aliphatic heterocycles. The number of benzene rings is 3. The lowest BCUT2D eigenvalue weighted by molar-refractivity contribution is 0.415. The van der Waals surface area contributed by atoms with Gasteiger partial charge in [0, 0.05) is 4.90 Å². The molecule has 27 heavy (non-hydrogen) atoms. The highest BCUT2D eigenvalue weighted by Gasteiger charge is 2.29. The molecule has 0 aliphatic carbocycles. The first-order valence-corrected chi connectivity index (χ1v) is 9.63. The molecule has 1 atom stereocenters. The Bertz CT molecular complexity index is 1110. The van der Waals surface area contributed by atoms with Gasteiger partial charge in [0.15, 0.2) is 0 Å². The predicted molar refractivity (Wildman–Crippen MR) is 110 cm³/mol. The fraction of sp³-hybridized carbons (Fsp3) is 0.0909. The number of hydrogen-bond acceptors (Lipinski definition) is 4. The summed E-state index contributed by atoms with van der Waals surface area (Å²) in [5.74, 6) is 1.76. The molecular weight excluding hydrogens is 354 g/mol. The van der Waals surface area contributed by atoms with E-state index in [2.05, 4.69) is 41.4 Å². The van der Waals surface area contributed by atoms with Crippen molar-refractivity contribution in [3.8, 4) is 5.75 Å². The van der Waals surface area contributed by atoms with Gasteiger partial charge in [0.2, 0.25) is 0 Å². The van der Waals surface area contributed by atoms with Gasteiger partial charge < -0.3 is 9.72 Å². The van der Waals surface area contributed by atoms with Crippen LogP contribution in [0.3, 0.4) is 0 Å². The Balaban J connectivity index is 1.65. The summed E-state index contributed by atoms with van der Waals surface area (Å²) in [6.07, 6.45) is 0. The number of thioether (sulfide) groups is 1. The van der Waals surface area contributed by atoms with E-state index < -0.39 is 0 Å². The van der Waals surface area contributed by atoms with E-state index in [4.69, 9.17) is 14.7 Å². The molecule has 0 saturated heterocycles. The lowest BCUT2D eigenvalue weighted by Gasteiger charge is -2.23. The van der Waals surface area contributed by atoms with Crippen LogP contribution in [0.5, 0.6) is 5.75 Å². The van der Waals surface area contributed by atoms with Gasteiger partial charge in [-0.05, 0) is 54.1 Å². The van der Waals surface area contributed by atoms with E-state index in [1.807, 2.05) is 36.4 Å². The van der Waals surface area contributed by atoms with Crippen LogP contribution in [0.2, 0.25) is 0 Å². The van der Waals surface area contributed by atoms with Crippen LogP contribution in [0.4, 0.5) is 5.69 Å². The van der Waals surface area contributed by atoms with Gasteiger partial charge in [-0.1, -0.05) is 24.3 Å². The van der Waals surface area contributed by atoms with Crippen LogP contribution in [0.1, 0.15) is 16.6 Å². The van der Waals surface area contributed by atoms with Crippen molar-refractivity contribution in [2.75, 3.05) is 7.11 Å². The zero-order valence-electron chi connectivity index (χ0n) is 14.7. The van der Waals surface area contributed by atoms with Gasteiger partial charge in [0.05, 0.1) is 29.5 Å². The normalized spacial score (nSPS) is 16.0. The molecule has 0 saturated carbocycles. The van der Waals surface area contributed by atoms with E-state index in [0.29, 0.717) is 0 Å². The summed E-state index contributed by atoms with van der Waals surface area (Å²) < 4.78 is 5.30. The van der Waals surface area contributed by atoms with Crippen LogP contribution in [0, 0.1) is 0 Å². The highest BCUT2D eigenvalue weighted by atomic mass is 32.2. The van der Waals surface area contributed by atoms with Crippen molar-refractivity contribution < 1.29 is 4.74 Å². The number of aromatic amines is 1. The van der Waals surface area contributed by atoms with Crippen molar-refractivity contribution >= 4 is 34.2 Å². The molecule has 1 aliphatic rings. The molecule has 2 heterocycles. The Morgan fingerprint density at radius 1 is 0.926 bits per heavy atom. The Hall–Kier alpha value is -3.05. The van der Waals surface area contributed by atoms with Crippen molar-refractivity contribution in [1.29, 1.82) is 0 Å². The maximum Gasteiger partial charge on any atom is 0.126 e. The number of imidazole rings is 1. The Morgan fingerprint density at radius 2 is 1.70 bits per heavy atom. The number of nitrogens with one attached hydrogen (secondary N) is 1. The maximum absolute atomic E-state index is 5.30. The highest BCUT2D eigenvalue weighted by Crippen LogP contribution is 2.46. The van der Waals surface area contributed by atoms with E-state index in [0.717, 1.165) is 39.6 Å². The highest BCUT2D eigenvalue weighted by molar-refractivity contribution is 8.00. The summed E-state index contributed by atoms with van der Waals surface area (Å²) in [5, 5.41) is 0.000643. The molecule has 0 spiro atoms. The van der Waals surface area contributed by atoms with E-state index in [1.165, 1.54) is 4.90 Å². The number of nitrogens with zero attached hydrogens (tertiary/aromatic N) is 2. The number of ether oxygens (including phenoxy) is 1. The molecular formula is C22H17N3OS. The average Bonchev–Trinajstić information content (AvgIpc) is 3.17. The topological polar surface area (TPSA) is 50.3 Å². The summed E-state index contributed by atoms with van der Waals surface area (Å²) in [5.41, 5.74) is 5.09. The first-order valence-electron chi connectivity index (χ1n) is 8.75. The summed E-state index contributed by atoms with van der Waals surface area (Å²) in [6, 6.07) is 24.4. The van der Waals surface area contributed by atoms with Crippen molar-refractivity contribution in [3.63, 3.8) is 0 Å². The summed E-state index contributed by atoms with van der Waals surface area (Å²) >= 11 is 1.78. The maximum atomic E-state index is 5.30. The number of aromatic nitrogens is 2. The monoisotopic (exact) mass is 371 g/mol. The standard InChI is InChI=1S/C22H17N3OS/c1-26-15-12-10-14(11-13-15)20-21(27-19-9-5-4-8-18(19)23-20)22-24-16-6-2-3-7-17(16)25-22/h2-13,21H,1H3,(H,24,25)/t21-/m0/s1. The minimum Gasteiger partial charge on any atom is -0.497 e. The van der Waals surface area contributed by atoms with Crippen LogP contribution >= 0.6 is 11.8 Å². The van der Waals surface area contributed by atoms with Gasteiger partial charge >= 0.3 is 0 Å². The predicted octanol–water partition coefficient (Wildman–Crippen LogP) is 5.54. The molecule has 0 fully saturated rings. The average molecular weight is 371 g/mol. The van der Waals surface area contributed by atoms with Crippen LogP contribution in [-0.2, 0) is 0 Å². The third kappa shape index (κ3) is 2.90. The Labute approximate surface area is 161 Å². The molecule has 132 valence electrons. The fourth-order valence-corrected chi connectivity index (χ4v) is 4.45. The summed E-state index contributed by atoms with van der Waals surface area (Å²) in [4.78, 5) is 14.5. The van der Waals surface area contributed by atoms with Gasteiger partial charge in [0.25, 0.3) is 0 Å². The van der Waals surface area contributed by atoms with Crippen LogP contribution in [0.15, 0.2) is 82.7 Å². The minimum absolute atomic E-state index is 0.000643. The molecule has 1 N–H and O–H groups in total. The molecule has 3 aromatic carbocycles. The van der Waals surface area contributed by atoms with Crippen molar-refractivity contribution in [3.05, 3.63) is 84.2 Å². The molecule has 4 aromatic rings. The number of para-hydroxylation sites is 3. The second-order valence-corrected chi connectivity index (χ2v) is 7.48. The largest absolute Gasteiger partial charge is 0.497 e. The van der Waals surface area contributed by atoms with E-state index >= 15 is 0 Å². The molecule has 0 unspecified atom stereocenters. The van der Waals surface area contributed by atoms with Crippen molar-refractivity contribution in [2.24, 2.45) is 4.99 Å². The van der Waals surface area contributed by atoms with Crippen LogP contribution in [0.25, 0.3) is 11.0 Å². The van der Waals surface area contributed by atoms with Gasteiger partial charge in [-0.25, -0.2) is 9.98 Å². The van der Waals surface area contributed by atoms with Crippen molar-refractivity contribution in [2.45, 2.75) is 10.1 Å². The zero-order chi connectivity index (χ0) is 18.2. The number of methoxy groups -OCH3 is 1. The first-order chi connectivity index (χ1) is 13.3. The summed E-state index contributed by atoms with van der Waals surface area (Å²) in [6.45, 7) is 0. The van der Waals surface area contributed by atoms with E-state index in [-0.39, 0.29) is 5.25 Å². The van der Waals surface area contributed by atoms with Gasteiger partial charge in [-0.15, -0.1) is 11.8 Å². The lowest BCUT2D eigenvalue weighted by atomic mass is 10.1. The Kier molecular flexibility index (Phi) is 3.94. The van der Waals surface area contributed by atoms with Crippen LogP contribution in [-0.4, -0.2) is 22.8 Å². The fourth-order valence-electron chi connectivity index (χ4n) is 3.28. The number of hydrogen-bond donors (Lipinski definition) is 1. The van der Waals surface area contributed by atoms with Crippen molar-refractivity contribution in [1.82, 2.24) is 9.97 Å². The molecule has 0 amide bonds. The molecule has 5 heteroatoms. The zero-order valence-corrected chi connectivity index (χ0v) is 15.5. The third-order valence-corrected chi connectivity index (χ3v) is 5.92. The first kappa shape index (κ1) is 16.1. The number of rotatable bonds is 3. The quantitative estimate of drug-likeness (QED) is 0.514. The number of aliphatic imine (C=N–C) groups is 1. The van der Waals surface area contributed by atoms with E-state index in [9.17, 15) is 0 Å². The van der Waals surface area contributed by atoms with Gasteiger partial charge in [-0.3, -0.25) is 0 Å². The molecule has 0 bridgehead atoms. The number of fused-ring (bicyclic) bond motifs is 2. The van der Waals surface area contributed by atoms with Gasteiger partial charge in [0.1, 0.15) is 16.8 Å². The summed E-state index contributed by atoms with van der Waals surface area (Å²) in [7, 11) is 1.68. The molecule has 1 aromatic heterocycles. The number of H-pyrrole nitrogens is 1. The third-order valence-electron chi connectivity index (χ3n) is 4.64. The molecule has 4 nitrogen and oxygen atoms in total. The Morgan fingerprint density at radius 3 is 2.52 bits per heavy atom. The van der Waals surface area contributed by atoms with Crippen LogP contribution < -0.4 is 4.74 Å². The smallest absolute Gasteiger partial charge is 0.126 e. The SMILES string of the molecule is COc1ccc(C2=Nc3ccccc3S[C@@H]2c2nc3ccccc3[nH]2)cc1. The second kappa shape index (κ2) is 6.59. The van der Waals surface area contributed by atoms with E-state index in [1.54, 1.807) is 18.9 Å². The molecule has 0 radical (unpaired) electrons. The minimum atomic E-state index is 0.000643. The lowest BCUT2D eigenvalue weighted by Crippen LogP contribution is -2.15.